The van der Waals surface area contributed by atoms with Gasteiger partial charge in [0.25, 0.3) is 0 Å². The molecule has 0 aliphatic heterocycles. The minimum Gasteiger partial charge on any atom is -0.493 e. The van der Waals surface area contributed by atoms with Crippen LogP contribution in [0.2, 0.25) is 10.0 Å². The Balaban J connectivity index is 1.50. The average Bonchev–Trinajstić information content (AvgIpc) is 3.65. The number of aliphatic hydroxyl groups is 3. The van der Waals surface area contributed by atoms with Crippen LogP contribution in [0.25, 0.3) is 0 Å². The SMILES string of the molecule is COc1cc(CO)cc(I)c1OC1C=C(C(=O)NCCO)CC(N(Cc2ccc(Cl)cc2Cl)C(=O)CC2CC3CCC2C3)C1O. The zero-order valence-corrected chi connectivity index (χ0v) is 28.7. The van der Waals surface area contributed by atoms with E-state index in [9.17, 15) is 24.9 Å². The van der Waals surface area contributed by atoms with Crippen molar-refractivity contribution in [3.8, 4) is 11.5 Å². The molecule has 2 aromatic rings. The van der Waals surface area contributed by atoms with Crippen LogP contribution >= 0.6 is 45.8 Å². The van der Waals surface area contributed by atoms with Gasteiger partial charge < -0.3 is 35.0 Å². The summed E-state index contributed by atoms with van der Waals surface area (Å²) in [6.07, 6.45) is 4.30. The van der Waals surface area contributed by atoms with Crippen molar-refractivity contribution in [3.63, 3.8) is 0 Å². The molecule has 4 N–H and O–H groups in total. The van der Waals surface area contributed by atoms with E-state index in [1.807, 2.05) is 0 Å². The Hall–Kier alpha value is -2.09. The summed E-state index contributed by atoms with van der Waals surface area (Å²) < 4.78 is 12.6. The number of amides is 2. The van der Waals surface area contributed by atoms with Gasteiger partial charge in [-0.05, 0) is 101 Å². The smallest absolute Gasteiger partial charge is 0.247 e. The number of aliphatic hydroxyl groups excluding tert-OH is 3. The first-order valence-corrected chi connectivity index (χ1v) is 17.1. The number of fused-ring (bicyclic) bond motifs is 2. The van der Waals surface area contributed by atoms with Crippen molar-refractivity contribution in [2.45, 2.75) is 69.9 Å². The summed E-state index contributed by atoms with van der Waals surface area (Å²) in [5, 5.41) is 34.5. The Morgan fingerprint density at radius 2 is 1.93 bits per heavy atom. The number of halogens is 3. The molecule has 2 amide bonds. The lowest BCUT2D eigenvalue weighted by Gasteiger charge is -2.41. The number of hydrogen-bond donors (Lipinski definition) is 4. The molecule has 6 atom stereocenters. The first kappa shape index (κ1) is 34.3. The van der Waals surface area contributed by atoms with Gasteiger partial charge in [-0.1, -0.05) is 35.7 Å². The third kappa shape index (κ3) is 7.90. The molecule has 0 heterocycles. The highest BCUT2D eigenvalue weighted by Crippen LogP contribution is 2.50. The van der Waals surface area contributed by atoms with Crippen molar-refractivity contribution in [2.75, 3.05) is 20.3 Å². The van der Waals surface area contributed by atoms with Gasteiger partial charge in [0.05, 0.1) is 29.9 Å². The fourth-order valence-corrected chi connectivity index (χ4v) is 8.35. The second-order valence-electron chi connectivity index (χ2n) is 12.2. The van der Waals surface area contributed by atoms with E-state index in [0.717, 1.165) is 19.3 Å². The Morgan fingerprint density at radius 3 is 2.58 bits per heavy atom. The molecule has 0 saturated heterocycles. The van der Waals surface area contributed by atoms with Gasteiger partial charge in [0.1, 0.15) is 12.2 Å². The molecule has 244 valence electrons. The number of nitrogens with zero attached hydrogens (tertiary/aromatic N) is 1. The third-order valence-corrected chi connectivity index (χ3v) is 10.7. The lowest BCUT2D eigenvalue weighted by atomic mass is 9.84. The van der Waals surface area contributed by atoms with Crippen LogP contribution in [0.3, 0.4) is 0 Å². The Morgan fingerprint density at radius 1 is 1.13 bits per heavy atom. The van der Waals surface area contributed by atoms with Crippen LogP contribution in [-0.2, 0) is 22.7 Å². The van der Waals surface area contributed by atoms with Crippen LogP contribution in [-0.4, -0.2) is 70.5 Å². The maximum Gasteiger partial charge on any atom is 0.247 e. The van der Waals surface area contributed by atoms with E-state index in [-0.39, 0.29) is 44.5 Å². The molecule has 45 heavy (non-hydrogen) atoms. The number of carbonyl (C=O) groups is 2. The molecule has 2 bridgehead atoms. The zero-order chi connectivity index (χ0) is 32.2. The lowest BCUT2D eigenvalue weighted by molar-refractivity contribution is -0.141. The number of benzene rings is 2. The van der Waals surface area contributed by atoms with E-state index in [1.54, 1.807) is 41.3 Å². The highest BCUT2D eigenvalue weighted by atomic mass is 127. The summed E-state index contributed by atoms with van der Waals surface area (Å²) in [5.41, 5.74) is 1.62. The molecular weight excluding hydrogens is 734 g/mol. The molecule has 6 unspecified atom stereocenters. The largest absolute Gasteiger partial charge is 0.493 e. The molecule has 3 aliphatic rings. The number of ether oxygens (including phenoxy) is 2. The van der Waals surface area contributed by atoms with E-state index in [2.05, 4.69) is 27.9 Å². The standard InChI is InChI=1S/C33H39Cl2IN2O7/c1-44-29-11-19(17-40)10-26(36)32(29)45-28-13-23(33(43)37-6-7-39)12-27(31(28)42)38(16-21-4-5-24(34)15-25(21)35)30(41)14-22-9-18-2-3-20(22)8-18/h4-5,10-11,13,15,18,20,22,27-28,31,39-40,42H,2-3,6-9,12,14,16-17H2,1H3,(H,37,43). The van der Waals surface area contributed by atoms with E-state index < -0.39 is 24.2 Å². The fourth-order valence-electron chi connectivity index (χ4n) is 7.09. The maximum absolute atomic E-state index is 14.2. The summed E-state index contributed by atoms with van der Waals surface area (Å²) in [6.45, 7) is -0.262. The molecule has 0 aromatic heterocycles. The first-order chi connectivity index (χ1) is 21.6. The first-order valence-electron chi connectivity index (χ1n) is 15.3. The Kier molecular flexibility index (Phi) is 11.6. The molecule has 3 aliphatic carbocycles. The molecule has 0 radical (unpaired) electrons. The lowest BCUT2D eigenvalue weighted by Crippen LogP contribution is -2.55. The number of nitrogens with one attached hydrogen (secondary N) is 1. The van der Waals surface area contributed by atoms with E-state index in [1.165, 1.54) is 13.5 Å². The number of rotatable bonds is 12. The Bertz CT molecular complexity index is 1440. The van der Waals surface area contributed by atoms with Gasteiger partial charge in [0.2, 0.25) is 11.8 Å². The highest BCUT2D eigenvalue weighted by Gasteiger charge is 2.44. The second-order valence-corrected chi connectivity index (χ2v) is 14.2. The molecule has 2 aromatic carbocycles. The van der Waals surface area contributed by atoms with Gasteiger partial charge in [-0.15, -0.1) is 0 Å². The van der Waals surface area contributed by atoms with E-state index >= 15 is 0 Å². The fraction of sp³-hybridized carbons (Fsp3) is 0.515. The number of methoxy groups -OCH3 is 1. The average molecular weight is 773 g/mol. The predicted molar refractivity (Wildman–Crippen MR) is 179 cm³/mol. The number of carbonyl (C=O) groups excluding carboxylic acids is 2. The summed E-state index contributed by atoms with van der Waals surface area (Å²) >= 11 is 14.8. The van der Waals surface area contributed by atoms with Gasteiger partial charge in [-0.2, -0.15) is 0 Å². The summed E-state index contributed by atoms with van der Waals surface area (Å²) in [6, 6.07) is 7.67. The third-order valence-electron chi connectivity index (χ3n) is 9.34. The van der Waals surface area contributed by atoms with Crippen molar-refractivity contribution < 1.29 is 34.4 Å². The van der Waals surface area contributed by atoms with Crippen LogP contribution in [0, 0.1) is 21.3 Å². The second kappa shape index (κ2) is 15.2. The molecule has 2 fully saturated rings. The minimum atomic E-state index is -1.22. The van der Waals surface area contributed by atoms with Crippen LogP contribution < -0.4 is 14.8 Å². The maximum atomic E-state index is 14.2. The van der Waals surface area contributed by atoms with E-state index in [4.69, 9.17) is 32.7 Å². The summed E-state index contributed by atoms with van der Waals surface area (Å²) in [5.74, 6) is 1.65. The molecule has 12 heteroatoms. The summed E-state index contributed by atoms with van der Waals surface area (Å²) in [7, 11) is 1.48. The molecule has 5 rings (SSSR count). The number of hydrogen-bond acceptors (Lipinski definition) is 7. The minimum absolute atomic E-state index is 0.0521. The molecular formula is C33H39Cl2IN2O7. The van der Waals surface area contributed by atoms with Crippen LogP contribution in [0.1, 0.15) is 49.7 Å². The van der Waals surface area contributed by atoms with Crippen molar-refractivity contribution in [2.24, 2.45) is 17.8 Å². The molecule has 9 nitrogen and oxygen atoms in total. The predicted octanol–water partition coefficient (Wildman–Crippen LogP) is 4.87. The van der Waals surface area contributed by atoms with Crippen LogP contribution in [0.5, 0.6) is 11.5 Å². The van der Waals surface area contributed by atoms with Gasteiger partial charge in [0, 0.05) is 41.5 Å². The normalized spacial score (nSPS) is 25.5. The topological polar surface area (TPSA) is 129 Å². The van der Waals surface area contributed by atoms with Crippen molar-refractivity contribution in [1.82, 2.24) is 10.2 Å². The summed E-state index contributed by atoms with van der Waals surface area (Å²) in [4.78, 5) is 29.2. The van der Waals surface area contributed by atoms with Crippen molar-refractivity contribution in [1.29, 1.82) is 0 Å². The quantitative estimate of drug-likeness (QED) is 0.227. The van der Waals surface area contributed by atoms with Crippen LogP contribution in [0.15, 0.2) is 42.0 Å². The van der Waals surface area contributed by atoms with Gasteiger partial charge in [0.15, 0.2) is 11.5 Å². The van der Waals surface area contributed by atoms with Gasteiger partial charge in [-0.25, -0.2) is 0 Å². The van der Waals surface area contributed by atoms with Crippen LogP contribution in [0.4, 0.5) is 0 Å². The van der Waals surface area contributed by atoms with Gasteiger partial charge in [-0.3, -0.25) is 9.59 Å². The van der Waals surface area contributed by atoms with Gasteiger partial charge >= 0.3 is 0 Å². The molecule has 2 saturated carbocycles. The Labute approximate surface area is 287 Å². The monoisotopic (exact) mass is 772 g/mol. The van der Waals surface area contributed by atoms with Crippen molar-refractivity contribution in [3.05, 3.63) is 66.7 Å². The van der Waals surface area contributed by atoms with Crippen molar-refractivity contribution >= 4 is 57.6 Å². The molecule has 0 spiro atoms. The highest BCUT2D eigenvalue weighted by molar-refractivity contribution is 14.1. The zero-order valence-electron chi connectivity index (χ0n) is 25.1. The van der Waals surface area contributed by atoms with E-state index in [0.29, 0.717) is 60.1 Å².